The summed E-state index contributed by atoms with van der Waals surface area (Å²) in [6, 6.07) is 13.5. The Hall–Kier alpha value is -3.22. The van der Waals surface area contributed by atoms with Crippen LogP contribution in [0.3, 0.4) is 0 Å². The first-order valence-corrected chi connectivity index (χ1v) is 9.72. The second kappa shape index (κ2) is 8.43. The Morgan fingerprint density at radius 1 is 1.14 bits per heavy atom. The van der Waals surface area contributed by atoms with Gasteiger partial charge in [-0.15, -0.1) is 0 Å². The van der Waals surface area contributed by atoms with E-state index in [1.165, 1.54) is 0 Å². The maximum absolute atomic E-state index is 9.30. The maximum atomic E-state index is 9.30. The van der Waals surface area contributed by atoms with Gasteiger partial charge in [-0.25, -0.2) is 9.67 Å². The van der Waals surface area contributed by atoms with E-state index in [-0.39, 0.29) is 0 Å². The van der Waals surface area contributed by atoms with Gasteiger partial charge in [0.05, 0.1) is 25.0 Å². The molecule has 0 radical (unpaired) electrons. The fourth-order valence-corrected chi connectivity index (χ4v) is 3.71. The van der Waals surface area contributed by atoms with E-state index in [1.807, 2.05) is 33.5 Å². The van der Waals surface area contributed by atoms with Crippen LogP contribution in [0.25, 0.3) is 5.69 Å². The van der Waals surface area contributed by atoms with Crippen molar-refractivity contribution in [2.75, 3.05) is 38.2 Å². The molecule has 9 heteroatoms. The van der Waals surface area contributed by atoms with Gasteiger partial charge in [-0.2, -0.15) is 10.4 Å². The van der Waals surface area contributed by atoms with E-state index in [1.54, 1.807) is 31.8 Å². The summed E-state index contributed by atoms with van der Waals surface area (Å²) in [6.45, 7) is 3.89. The van der Waals surface area contributed by atoms with Crippen molar-refractivity contribution in [1.82, 2.24) is 24.2 Å². The topological polar surface area (TPSA) is 75.1 Å². The van der Waals surface area contributed by atoms with Gasteiger partial charge in [-0.3, -0.25) is 9.47 Å². The highest BCUT2D eigenvalue weighted by Gasteiger charge is 2.21. The first kappa shape index (κ1) is 19.1. The number of benzene rings is 1. The van der Waals surface area contributed by atoms with Crippen molar-refractivity contribution in [3.63, 3.8) is 0 Å². The molecule has 0 atom stereocenters. The number of aromatic nitrogens is 4. The van der Waals surface area contributed by atoms with Gasteiger partial charge >= 0.3 is 0 Å². The molecule has 0 amide bonds. The standard InChI is InChI=1S/C20H21N7OS/c1-28-18-7-3-2-6-17(18)26-14-23-27(20(26)29)15-24-9-11-25(12-10-24)19-16(13-21)5-4-8-22-19/h2-8,14H,9-12,15H2,1H3. The predicted octanol–water partition coefficient (Wildman–Crippen LogP) is 2.46. The molecule has 4 rings (SSSR count). The smallest absolute Gasteiger partial charge is 0.203 e. The van der Waals surface area contributed by atoms with Crippen LogP contribution < -0.4 is 9.64 Å². The van der Waals surface area contributed by atoms with Gasteiger partial charge in [0.15, 0.2) is 0 Å². The molecular formula is C20H21N7OS. The number of nitrogens with zero attached hydrogens (tertiary/aromatic N) is 7. The van der Waals surface area contributed by atoms with Crippen molar-refractivity contribution in [1.29, 1.82) is 5.26 Å². The second-order valence-electron chi connectivity index (χ2n) is 6.69. The highest BCUT2D eigenvalue weighted by atomic mass is 32.1. The van der Waals surface area contributed by atoms with Crippen LogP contribution in [0, 0.1) is 16.1 Å². The molecule has 0 N–H and O–H groups in total. The third-order valence-corrected chi connectivity index (χ3v) is 5.40. The molecular weight excluding hydrogens is 386 g/mol. The van der Waals surface area contributed by atoms with Gasteiger partial charge in [-0.1, -0.05) is 12.1 Å². The van der Waals surface area contributed by atoms with E-state index >= 15 is 0 Å². The summed E-state index contributed by atoms with van der Waals surface area (Å²) < 4.78 is 9.73. The minimum absolute atomic E-state index is 0.610. The average molecular weight is 408 g/mol. The molecule has 8 nitrogen and oxygen atoms in total. The van der Waals surface area contributed by atoms with Gasteiger partial charge in [-0.05, 0) is 36.5 Å². The van der Waals surface area contributed by atoms with E-state index in [0.29, 0.717) is 17.0 Å². The summed E-state index contributed by atoms with van der Waals surface area (Å²) in [7, 11) is 1.64. The third-order valence-electron chi connectivity index (χ3n) is 4.99. The van der Waals surface area contributed by atoms with Crippen molar-refractivity contribution in [3.05, 3.63) is 59.3 Å². The Bertz CT molecular complexity index is 1090. The lowest BCUT2D eigenvalue weighted by Crippen LogP contribution is -2.47. The normalized spacial score (nSPS) is 14.6. The van der Waals surface area contributed by atoms with Crippen LogP contribution in [-0.4, -0.2) is 57.5 Å². The monoisotopic (exact) mass is 407 g/mol. The molecule has 0 spiro atoms. The molecule has 2 aromatic heterocycles. The number of para-hydroxylation sites is 2. The van der Waals surface area contributed by atoms with E-state index < -0.39 is 0 Å². The van der Waals surface area contributed by atoms with Crippen LogP contribution in [-0.2, 0) is 6.67 Å². The molecule has 0 unspecified atom stereocenters. The lowest BCUT2D eigenvalue weighted by molar-refractivity contribution is 0.194. The number of hydrogen-bond acceptors (Lipinski definition) is 7. The zero-order valence-electron chi connectivity index (χ0n) is 16.1. The van der Waals surface area contributed by atoms with Crippen LogP contribution in [0.15, 0.2) is 48.9 Å². The summed E-state index contributed by atoms with van der Waals surface area (Å²) >= 11 is 5.64. The Labute approximate surface area is 174 Å². The first-order chi connectivity index (χ1) is 14.2. The van der Waals surface area contributed by atoms with E-state index in [4.69, 9.17) is 17.0 Å². The zero-order chi connectivity index (χ0) is 20.2. The van der Waals surface area contributed by atoms with Crippen LogP contribution in [0.2, 0.25) is 0 Å². The van der Waals surface area contributed by atoms with Gasteiger partial charge < -0.3 is 9.64 Å². The molecule has 3 aromatic rings. The second-order valence-corrected chi connectivity index (χ2v) is 7.05. The molecule has 1 saturated heterocycles. The Morgan fingerprint density at radius 2 is 1.93 bits per heavy atom. The zero-order valence-corrected chi connectivity index (χ0v) is 16.9. The maximum Gasteiger partial charge on any atom is 0.203 e. The molecule has 3 heterocycles. The average Bonchev–Trinajstić information content (AvgIpc) is 3.14. The van der Waals surface area contributed by atoms with Crippen LogP contribution in [0.5, 0.6) is 5.75 Å². The fraction of sp³-hybridized carbons (Fsp3) is 0.300. The fourth-order valence-electron chi connectivity index (χ4n) is 3.45. The molecule has 0 aliphatic carbocycles. The number of anilines is 1. The van der Waals surface area contributed by atoms with E-state index in [9.17, 15) is 5.26 Å². The lowest BCUT2D eigenvalue weighted by Gasteiger charge is -2.35. The Morgan fingerprint density at radius 3 is 2.69 bits per heavy atom. The summed E-state index contributed by atoms with van der Waals surface area (Å²) in [4.78, 5) is 8.83. The van der Waals surface area contributed by atoms with E-state index in [0.717, 1.165) is 43.4 Å². The van der Waals surface area contributed by atoms with Crippen molar-refractivity contribution < 1.29 is 4.74 Å². The van der Waals surface area contributed by atoms with Crippen LogP contribution in [0.1, 0.15) is 5.56 Å². The number of pyridine rings is 1. The number of nitriles is 1. The molecule has 1 fully saturated rings. The first-order valence-electron chi connectivity index (χ1n) is 9.31. The molecule has 1 aromatic carbocycles. The number of methoxy groups -OCH3 is 1. The molecule has 0 bridgehead atoms. The van der Waals surface area contributed by atoms with Crippen LogP contribution >= 0.6 is 12.2 Å². The van der Waals surface area contributed by atoms with Gasteiger partial charge in [0.2, 0.25) is 4.77 Å². The third kappa shape index (κ3) is 3.85. The minimum atomic E-state index is 0.610. The molecule has 0 saturated carbocycles. The van der Waals surface area contributed by atoms with E-state index in [2.05, 4.69) is 26.0 Å². The van der Waals surface area contributed by atoms with Crippen molar-refractivity contribution in [2.45, 2.75) is 6.67 Å². The number of piperazine rings is 1. The van der Waals surface area contributed by atoms with Crippen molar-refractivity contribution in [3.8, 4) is 17.5 Å². The molecule has 29 heavy (non-hydrogen) atoms. The van der Waals surface area contributed by atoms with Crippen LogP contribution in [0.4, 0.5) is 5.82 Å². The lowest BCUT2D eigenvalue weighted by atomic mass is 10.2. The van der Waals surface area contributed by atoms with Crippen molar-refractivity contribution in [2.24, 2.45) is 0 Å². The van der Waals surface area contributed by atoms with Gasteiger partial charge in [0.25, 0.3) is 0 Å². The van der Waals surface area contributed by atoms with Gasteiger partial charge in [0, 0.05) is 32.4 Å². The largest absolute Gasteiger partial charge is 0.495 e. The SMILES string of the molecule is COc1ccccc1-n1cnn(CN2CCN(c3ncccc3C#N)CC2)c1=S. The van der Waals surface area contributed by atoms with Crippen molar-refractivity contribution >= 4 is 18.0 Å². The summed E-state index contributed by atoms with van der Waals surface area (Å²) in [5.74, 6) is 1.51. The Kier molecular flexibility index (Phi) is 5.55. The number of hydrogen-bond donors (Lipinski definition) is 0. The highest BCUT2D eigenvalue weighted by Crippen LogP contribution is 2.22. The highest BCUT2D eigenvalue weighted by molar-refractivity contribution is 7.71. The van der Waals surface area contributed by atoms with Gasteiger partial charge in [0.1, 0.15) is 24.0 Å². The quantitative estimate of drug-likeness (QED) is 0.602. The Balaban J connectivity index is 1.45. The summed E-state index contributed by atoms with van der Waals surface area (Å²) in [5, 5.41) is 13.8. The predicted molar refractivity (Wildman–Crippen MR) is 112 cm³/mol. The molecule has 148 valence electrons. The molecule has 1 aliphatic heterocycles. The minimum Gasteiger partial charge on any atom is -0.495 e. The molecule has 1 aliphatic rings. The number of rotatable bonds is 5. The summed E-state index contributed by atoms with van der Waals surface area (Å²) in [6.07, 6.45) is 3.45. The number of ether oxygens (including phenoxy) is 1. The summed E-state index contributed by atoms with van der Waals surface area (Å²) in [5.41, 5.74) is 1.48.